The first kappa shape index (κ1) is 11.6. The molecule has 1 aromatic carbocycles. The standard InChI is InChI=1S/C15H21N3/c16-14(18-13-6-7-13)17-11-15(8-9-15)10-12-4-2-1-3-5-12/h1-5,13H,6-11H2,(H3,16,17,18). The van der Waals surface area contributed by atoms with Gasteiger partial charge in [0.15, 0.2) is 5.96 Å². The zero-order chi connectivity index (χ0) is 12.4. The molecule has 0 atom stereocenters. The Morgan fingerprint density at radius 2 is 2.00 bits per heavy atom. The van der Waals surface area contributed by atoms with Crippen LogP contribution in [0, 0.1) is 5.41 Å². The van der Waals surface area contributed by atoms with E-state index in [1.807, 2.05) is 0 Å². The van der Waals surface area contributed by atoms with E-state index in [0.717, 1.165) is 13.0 Å². The Hall–Kier alpha value is -1.51. The molecule has 0 aliphatic heterocycles. The highest BCUT2D eigenvalue weighted by molar-refractivity contribution is 5.78. The molecule has 0 spiro atoms. The van der Waals surface area contributed by atoms with Gasteiger partial charge >= 0.3 is 0 Å². The lowest BCUT2D eigenvalue weighted by atomic mass is 9.97. The van der Waals surface area contributed by atoms with E-state index in [1.165, 1.54) is 31.2 Å². The molecule has 0 radical (unpaired) electrons. The highest BCUT2D eigenvalue weighted by atomic mass is 15.1. The number of nitrogens with two attached hydrogens (primary N) is 1. The summed E-state index contributed by atoms with van der Waals surface area (Å²) in [6.07, 6.45) is 6.18. The average Bonchev–Trinajstić information content (AvgIpc) is 3.27. The smallest absolute Gasteiger partial charge is 0.188 e. The van der Waals surface area contributed by atoms with E-state index in [4.69, 9.17) is 5.73 Å². The molecule has 0 unspecified atom stereocenters. The molecule has 1 aromatic rings. The summed E-state index contributed by atoms with van der Waals surface area (Å²) >= 11 is 0. The fourth-order valence-corrected chi connectivity index (χ4v) is 2.33. The van der Waals surface area contributed by atoms with Gasteiger partial charge in [-0.3, -0.25) is 4.99 Å². The average molecular weight is 243 g/mol. The molecule has 0 heterocycles. The van der Waals surface area contributed by atoms with Gasteiger partial charge in [0.05, 0.1) is 0 Å². The maximum atomic E-state index is 5.88. The summed E-state index contributed by atoms with van der Waals surface area (Å²) in [5.74, 6) is 0.636. The van der Waals surface area contributed by atoms with Crippen molar-refractivity contribution in [3.63, 3.8) is 0 Å². The molecule has 0 bridgehead atoms. The number of hydrogen-bond acceptors (Lipinski definition) is 1. The maximum Gasteiger partial charge on any atom is 0.188 e. The van der Waals surface area contributed by atoms with E-state index in [1.54, 1.807) is 0 Å². The molecule has 2 aliphatic carbocycles. The Morgan fingerprint density at radius 3 is 2.61 bits per heavy atom. The number of rotatable bonds is 5. The molecule has 0 saturated heterocycles. The number of guanidine groups is 1. The van der Waals surface area contributed by atoms with E-state index < -0.39 is 0 Å². The van der Waals surface area contributed by atoms with Crippen molar-refractivity contribution in [2.75, 3.05) is 6.54 Å². The van der Waals surface area contributed by atoms with Crippen molar-refractivity contribution in [3.8, 4) is 0 Å². The van der Waals surface area contributed by atoms with E-state index in [2.05, 4.69) is 40.6 Å². The maximum absolute atomic E-state index is 5.88. The highest BCUT2D eigenvalue weighted by Gasteiger charge is 2.42. The molecular formula is C15H21N3. The number of nitrogens with one attached hydrogen (secondary N) is 1. The van der Waals surface area contributed by atoms with Crippen LogP contribution in [0.4, 0.5) is 0 Å². The molecule has 2 saturated carbocycles. The molecular weight excluding hydrogens is 222 g/mol. The van der Waals surface area contributed by atoms with Crippen molar-refractivity contribution in [1.82, 2.24) is 5.32 Å². The van der Waals surface area contributed by atoms with Crippen molar-refractivity contribution in [2.45, 2.75) is 38.1 Å². The van der Waals surface area contributed by atoms with Crippen LogP contribution >= 0.6 is 0 Å². The molecule has 3 N–H and O–H groups in total. The van der Waals surface area contributed by atoms with Crippen LogP contribution in [0.2, 0.25) is 0 Å². The van der Waals surface area contributed by atoms with Crippen molar-refractivity contribution < 1.29 is 0 Å². The van der Waals surface area contributed by atoms with Gasteiger partial charge in [0.1, 0.15) is 0 Å². The minimum Gasteiger partial charge on any atom is -0.370 e. The van der Waals surface area contributed by atoms with Gasteiger partial charge in [-0.1, -0.05) is 30.3 Å². The molecule has 0 amide bonds. The van der Waals surface area contributed by atoms with Crippen molar-refractivity contribution in [3.05, 3.63) is 35.9 Å². The van der Waals surface area contributed by atoms with Crippen LogP contribution in [-0.4, -0.2) is 18.5 Å². The third-order valence-electron chi connectivity index (χ3n) is 3.89. The molecule has 18 heavy (non-hydrogen) atoms. The Bertz CT molecular complexity index is 430. The topological polar surface area (TPSA) is 50.4 Å². The summed E-state index contributed by atoms with van der Waals surface area (Å²) < 4.78 is 0. The largest absolute Gasteiger partial charge is 0.370 e. The molecule has 3 rings (SSSR count). The van der Waals surface area contributed by atoms with Crippen LogP contribution in [0.25, 0.3) is 0 Å². The first-order valence-corrected chi connectivity index (χ1v) is 6.86. The second-order valence-corrected chi connectivity index (χ2v) is 5.78. The molecule has 2 aliphatic rings. The van der Waals surface area contributed by atoms with Gasteiger partial charge in [-0.05, 0) is 43.1 Å². The first-order chi connectivity index (χ1) is 8.76. The van der Waals surface area contributed by atoms with E-state index in [9.17, 15) is 0 Å². The normalized spacial score (nSPS) is 21.7. The highest BCUT2D eigenvalue weighted by Crippen LogP contribution is 2.48. The molecule has 3 heteroatoms. The summed E-state index contributed by atoms with van der Waals surface area (Å²) in [6, 6.07) is 11.3. The SMILES string of the molecule is NC(=NCC1(Cc2ccccc2)CC1)NC1CC1. The lowest BCUT2D eigenvalue weighted by molar-refractivity contribution is 0.521. The summed E-state index contributed by atoms with van der Waals surface area (Å²) in [6.45, 7) is 0.868. The van der Waals surface area contributed by atoms with E-state index >= 15 is 0 Å². The Balaban J connectivity index is 1.55. The van der Waals surface area contributed by atoms with Gasteiger partial charge in [0, 0.05) is 12.6 Å². The quantitative estimate of drug-likeness (QED) is 0.614. The number of aliphatic imine (C=N–C) groups is 1. The van der Waals surface area contributed by atoms with Crippen molar-refractivity contribution in [1.29, 1.82) is 0 Å². The third kappa shape index (κ3) is 3.03. The second-order valence-electron chi connectivity index (χ2n) is 5.78. The monoisotopic (exact) mass is 243 g/mol. The van der Waals surface area contributed by atoms with Gasteiger partial charge in [0.2, 0.25) is 0 Å². The molecule has 0 aromatic heterocycles. The zero-order valence-electron chi connectivity index (χ0n) is 10.7. The van der Waals surface area contributed by atoms with Gasteiger partial charge in [-0.2, -0.15) is 0 Å². The van der Waals surface area contributed by atoms with Crippen LogP contribution in [0.3, 0.4) is 0 Å². The summed E-state index contributed by atoms with van der Waals surface area (Å²) in [7, 11) is 0. The molecule has 3 nitrogen and oxygen atoms in total. The van der Waals surface area contributed by atoms with Gasteiger partial charge in [-0.25, -0.2) is 0 Å². The second kappa shape index (κ2) is 4.63. The van der Waals surface area contributed by atoms with Crippen LogP contribution in [0.15, 0.2) is 35.3 Å². The van der Waals surface area contributed by atoms with Crippen LogP contribution in [0.1, 0.15) is 31.2 Å². The molecule has 2 fully saturated rings. The van der Waals surface area contributed by atoms with E-state index in [0.29, 0.717) is 17.4 Å². The van der Waals surface area contributed by atoms with Crippen LogP contribution in [-0.2, 0) is 6.42 Å². The number of benzene rings is 1. The number of nitrogens with zero attached hydrogens (tertiary/aromatic N) is 1. The summed E-state index contributed by atoms with van der Waals surface area (Å²) in [5.41, 5.74) is 7.68. The minimum atomic E-state index is 0.386. The lowest BCUT2D eigenvalue weighted by Crippen LogP contribution is -2.34. The van der Waals surface area contributed by atoms with E-state index in [-0.39, 0.29) is 0 Å². The summed E-state index contributed by atoms with van der Waals surface area (Å²) in [4.78, 5) is 4.52. The minimum absolute atomic E-state index is 0.386. The molecule has 96 valence electrons. The predicted octanol–water partition coefficient (Wildman–Crippen LogP) is 2.08. The van der Waals surface area contributed by atoms with Crippen LogP contribution < -0.4 is 11.1 Å². The zero-order valence-corrected chi connectivity index (χ0v) is 10.7. The lowest BCUT2D eigenvalue weighted by Gasteiger charge is -2.13. The first-order valence-electron chi connectivity index (χ1n) is 6.86. The Kier molecular flexibility index (Phi) is 2.98. The fourth-order valence-electron chi connectivity index (χ4n) is 2.33. The Labute approximate surface area is 108 Å². The fraction of sp³-hybridized carbons (Fsp3) is 0.533. The van der Waals surface area contributed by atoms with Crippen molar-refractivity contribution in [2.24, 2.45) is 16.1 Å². The number of hydrogen-bond donors (Lipinski definition) is 2. The predicted molar refractivity (Wildman–Crippen MR) is 74.5 cm³/mol. The van der Waals surface area contributed by atoms with Gasteiger partial charge in [0.25, 0.3) is 0 Å². The van der Waals surface area contributed by atoms with Gasteiger partial charge in [-0.15, -0.1) is 0 Å². The van der Waals surface area contributed by atoms with Gasteiger partial charge < -0.3 is 11.1 Å². The summed E-state index contributed by atoms with van der Waals surface area (Å²) in [5, 5.41) is 3.25. The van der Waals surface area contributed by atoms with Crippen LogP contribution in [0.5, 0.6) is 0 Å². The Morgan fingerprint density at radius 1 is 1.28 bits per heavy atom. The third-order valence-corrected chi connectivity index (χ3v) is 3.89. The van der Waals surface area contributed by atoms with Crippen molar-refractivity contribution >= 4 is 5.96 Å².